The van der Waals surface area contributed by atoms with Gasteiger partial charge < -0.3 is 4.90 Å². The molecule has 3 amide bonds. The van der Waals surface area contributed by atoms with Crippen LogP contribution in [0.5, 0.6) is 0 Å². The maximum absolute atomic E-state index is 12.3. The third-order valence-corrected chi connectivity index (χ3v) is 4.79. The van der Waals surface area contributed by atoms with Gasteiger partial charge in [0, 0.05) is 17.0 Å². The smallest absolute Gasteiger partial charge is 0.317 e. The van der Waals surface area contributed by atoms with Crippen molar-refractivity contribution in [1.82, 2.24) is 10.2 Å². The molecule has 21 heavy (non-hydrogen) atoms. The van der Waals surface area contributed by atoms with E-state index in [1.54, 1.807) is 40.5 Å². The molecule has 5 heteroatoms. The summed E-state index contributed by atoms with van der Waals surface area (Å²) in [5.74, 6) is -0.357. The van der Waals surface area contributed by atoms with Crippen molar-refractivity contribution in [2.75, 3.05) is 6.54 Å². The predicted octanol–water partition coefficient (Wildman–Crippen LogP) is 3.22. The summed E-state index contributed by atoms with van der Waals surface area (Å²) in [6, 6.07) is 10.5. The van der Waals surface area contributed by atoms with E-state index in [0.29, 0.717) is 12.1 Å². The second kappa shape index (κ2) is 5.69. The molecule has 0 spiro atoms. The second-order valence-corrected chi connectivity index (χ2v) is 6.04. The van der Waals surface area contributed by atoms with Crippen LogP contribution < -0.4 is 5.32 Å². The standard InChI is InChI=1S/C16H16N2O2S/c1-11-13-8-10-21-14(13)7-9-18(11)16(20)17-15(19)12-5-3-2-4-6-12/h2-6,8,10-11H,7,9H2,1H3,(H,17,19,20)/t11-/m1/s1. The second-order valence-electron chi connectivity index (χ2n) is 5.04. The van der Waals surface area contributed by atoms with Crippen LogP contribution in [0.1, 0.15) is 33.8 Å². The molecule has 3 rings (SSSR count). The summed E-state index contributed by atoms with van der Waals surface area (Å²) in [5.41, 5.74) is 1.68. The first-order chi connectivity index (χ1) is 10.2. The predicted molar refractivity (Wildman–Crippen MR) is 82.4 cm³/mol. The minimum absolute atomic E-state index is 0.00331. The van der Waals surface area contributed by atoms with E-state index in [0.717, 1.165) is 6.42 Å². The molecule has 1 N–H and O–H groups in total. The molecule has 0 fully saturated rings. The number of carbonyl (C=O) groups excluding carboxylic acids is 2. The Balaban J connectivity index is 1.71. The van der Waals surface area contributed by atoms with E-state index < -0.39 is 0 Å². The van der Waals surface area contributed by atoms with Gasteiger partial charge in [-0.1, -0.05) is 18.2 Å². The zero-order valence-corrected chi connectivity index (χ0v) is 12.5. The van der Waals surface area contributed by atoms with Gasteiger partial charge in [-0.2, -0.15) is 0 Å². The maximum atomic E-state index is 12.3. The third kappa shape index (κ3) is 2.69. The molecule has 108 valence electrons. The number of urea groups is 1. The molecule has 2 aromatic rings. The fourth-order valence-corrected chi connectivity index (χ4v) is 3.58. The Kier molecular flexibility index (Phi) is 3.75. The lowest BCUT2D eigenvalue weighted by Crippen LogP contribution is -2.46. The van der Waals surface area contributed by atoms with Crippen molar-refractivity contribution in [2.45, 2.75) is 19.4 Å². The van der Waals surface area contributed by atoms with Crippen molar-refractivity contribution in [3.63, 3.8) is 0 Å². The van der Waals surface area contributed by atoms with Crippen LogP contribution in [0.15, 0.2) is 41.8 Å². The summed E-state index contributed by atoms with van der Waals surface area (Å²) in [6.45, 7) is 2.64. The molecule has 1 aliphatic heterocycles. The Morgan fingerprint density at radius 1 is 1.24 bits per heavy atom. The minimum atomic E-state index is -0.357. The van der Waals surface area contributed by atoms with Crippen molar-refractivity contribution >= 4 is 23.3 Å². The van der Waals surface area contributed by atoms with Crippen LogP contribution in [-0.4, -0.2) is 23.4 Å². The number of thiophene rings is 1. The quantitative estimate of drug-likeness (QED) is 0.879. The van der Waals surface area contributed by atoms with Gasteiger partial charge in [-0.25, -0.2) is 4.79 Å². The van der Waals surface area contributed by atoms with E-state index in [2.05, 4.69) is 16.8 Å². The molecule has 1 aliphatic rings. The first-order valence-electron chi connectivity index (χ1n) is 6.90. The highest BCUT2D eigenvalue weighted by atomic mass is 32.1. The van der Waals surface area contributed by atoms with E-state index in [1.807, 2.05) is 13.0 Å². The Hall–Kier alpha value is -2.14. The van der Waals surface area contributed by atoms with Crippen LogP contribution in [0.3, 0.4) is 0 Å². The summed E-state index contributed by atoms with van der Waals surface area (Å²) in [6.07, 6.45) is 0.851. The van der Waals surface area contributed by atoms with E-state index in [4.69, 9.17) is 0 Å². The zero-order chi connectivity index (χ0) is 14.8. The highest BCUT2D eigenvalue weighted by molar-refractivity contribution is 7.10. The van der Waals surface area contributed by atoms with Crippen LogP contribution >= 0.6 is 11.3 Å². The van der Waals surface area contributed by atoms with Crippen molar-refractivity contribution in [3.05, 3.63) is 57.8 Å². The molecule has 0 saturated heterocycles. The van der Waals surface area contributed by atoms with Gasteiger partial charge in [0.15, 0.2) is 0 Å². The molecule has 0 bridgehead atoms. The van der Waals surface area contributed by atoms with Crippen LogP contribution in [0.4, 0.5) is 4.79 Å². The Labute approximate surface area is 127 Å². The molecular weight excluding hydrogens is 284 g/mol. The average Bonchev–Trinajstić information content (AvgIpc) is 2.98. The molecule has 1 atom stereocenters. The van der Waals surface area contributed by atoms with Crippen molar-refractivity contribution in [1.29, 1.82) is 0 Å². The van der Waals surface area contributed by atoms with E-state index >= 15 is 0 Å². The summed E-state index contributed by atoms with van der Waals surface area (Å²) >= 11 is 1.73. The number of rotatable bonds is 1. The van der Waals surface area contributed by atoms with Crippen molar-refractivity contribution < 1.29 is 9.59 Å². The fourth-order valence-electron chi connectivity index (χ4n) is 2.62. The lowest BCUT2D eigenvalue weighted by atomic mass is 10.0. The summed E-state index contributed by atoms with van der Waals surface area (Å²) in [7, 11) is 0. The monoisotopic (exact) mass is 300 g/mol. The topological polar surface area (TPSA) is 49.4 Å². The highest BCUT2D eigenvalue weighted by Crippen LogP contribution is 2.32. The van der Waals surface area contributed by atoms with E-state index in [9.17, 15) is 9.59 Å². The number of benzene rings is 1. The normalized spacial score (nSPS) is 17.2. The molecule has 1 aromatic heterocycles. The number of fused-ring (bicyclic) bond motifs is 1. The number of amides is 3. The molecule has 4 nitrogen and oxygen atoms in total. The molecule has 0 aliphatic carbocycles. The van der Waals surface area contributed by atoms with Gasteiger partial charge in [0.1, 0.15) is 0 Å². The van der Waals surface area contributed by atoms with Gasteiger partial charge in [-0.05, 0) is 42.5 Å². The molecule has 2 heterocycles. The van der Waals surface area contributed by atoms with E-state index in [-0.39, 0.29) is 18.0 Å². The van der Waals surface area contributed by atoms with Gasteiger partial charge in [-0.3, -0.25) is 10.1 Å². The Morgan fingerprint density at radius 2 is 2.00 bits per heavy atom. The lowest BCUT2D eigenvalue weighted by molar-refractivity contribution is 0.0944. The minimum Gasteiger partial charge on any atom is -0.317 e. The van der Waals surface area contributed by atoms with Crippen LogP contribution in [-0.2, 0) is 6.42 Å². The van der Waals surface area contributed by atoms with Gasteiger partial charge in [0.2, 0.25) is 0 Å². The number of imide groups is 1. The fraction of sp³-hybridized carbons (Fsp3) is 0.250. The van der Waals surface area contributed by atoms with Crippen molar-refractivity contribution in [3.8, 4) is 0 Å². The summed E-state index contributed by atoms with van der Waals surface area (Å²) in [5, 5.41) is 4.52. The average molecular weight is 300 g/mol. The SMILES string of the molecule is C[C@@H]1c2ccsc2CCN1C(=O)NC(=O)c1ccccc1. The summed E-state index contributed by atoms with van der Waals surface area (Å²) in [4.78, 5) is 27.4. The van der Waals surface area contributed by atoms with Crippen LogP contribution in [0, 0.1) is 0 Å². The third-order valence-electron chi connectivity index (χ3n) is 3.79. The lowest BCUT2D eigenvalue weighted by Gasteiger charge is -2.33. The van der Waals surface area contributed by atoms with Gasteiger partial charge >= 0.3 is 6.03 Å². The van der Waals surface area contributed by atoms with Crippen molar-refractivity contribution in [2.24, 2.45) is 0 Å². The Bertz CT molecular complexity index is 666. The zero-order valence-electron chi connectivity index (χ0n) is 11.7. The van der Waals surface area contributed by atoms with Crippen LogP contribution in [0.25, 0.3) is 0 Å². The number of carbonyl (C=O) groups is 2. The first kappa shape index (κ1) is 13.8. The van der Waals surface area contributed by atoms with Crippen LogP contribution in [0.2, 0.25) is 0 Å². The number of hydrogen-bond donors (Lipinski definition) is 1. The van der Waals surface area contributed by atoms with Gasteiger partial charge in [0.25, 0.3) is 5.91 Å². The molecular formula is C16H16N2O2S. The molecule has 0 unspecified atom stereocenters. The highest BCUT2D eigenvalue weighted by Gasteiger charge is 2.29. The number of hydrogen-bond acceptors (Lipinski definition) is 3. The molecule has 0 radical (unpaired) electrons. The maximum Gasteiger partial charge on any atom is 0.324 e. The Morgan fingerprint density at radius 3 is 2.76 bits per heavy atom. The first-order valence-corrected chi connectivity index (χ1v) is 7.78. The van der Waals surface area contributed by atoms with E-state index in [1.165, 1.54) is 10.4 Å². The molecule has 1 aromatic carbocycles. The number of nitrogens with zero attached hydrogens (tertiary/aromatic N) is 1. The van der Waals surface area contributed by atoms with Gasteiger partial charge in [0.05, 0.1) is 6.04 Å². The van der Waals surface area contributed by atoms with Gasteiger partial charge in [-0.15, -0.1) is 11.3 Å². The number of nitrogens with one attached hydrogen (secondary N) is 1. The summed E-state index contributed by atoms with van der Waals surface area (Å²) < 4.78 is 0. The molecule has 0 saturated carbocycles. The largest absolute Gasteiger partial charge is 0.324 e.